The third kappa shape index (κ3) is 3.31. The van der Waals surface area contributed by atoms with Gasteiger partial charge in [0.15, 0.2) is 0 Å². The molecule has 0 aliphatic carbocycles. The van der Waals surface area contributed by atoms with Gasteiger partial charge in [-0.05, 0) is 25.1 Å². The van der Waals surface area contributed by atoms with Gasteiger partial charge >= 0.3 is 0 Å². The zero-order valence-electron chi connectivity index (χ0n) is 10.9. The lowest BCUT2D eigenvalue weighted by molar-refractivity contribution is 0.271. The van der Waals surface area contributed by atoms with Gasteiger partial charge in [0.25, 0.3) is 0 Å². The molecule has 0 spiro atoms. The van der Waals surface area contributed by atoms with E-state index in [4.69, 9.17) is 5.73 Å². The molecule has 2 N–H and O–H groups in total. The molecule has 1 aromatic heterocycles. The van der Waals surface area contributed by atoms with Crippen LogP contribution in [-0.2, 0) is 13.1 Å². The number of nitrogens with two attached hydrogens (primary N) is 1. The molecule has 3 nitrogen and oxygen atoms in total. The molecular formula is C14H19N3S. The Bertz CT molecular complexity index is 507. The number of benzene rings is 1. The molecule has 0 unspecified atom stereocenters. The number of aryl methyl sites for hydroxylation is 1. The number of thiazole rings is 1. The Morgan fingerprint density at radius 2 is 2.06 bits per heavy atom. The fraction of sp³-hybridized carbons (Fsp3) is 0.357. The molecule has 0 saturated heterocycles. The normalized spacial score (nSPS) is 11.1. The third-order valence-electron chi connectivity index (χ3n) is 2.92. The van der Waals surface area contributed by atoms with Crippen molar-refractivity contribution in [3.8, 4) is 0 Å². The van der Waals surface area contributed by atoms with E-state index in [1.54, 1.807) is 11.3 Å². The van der Waals surface area contributed by atoms with Crippen LogP contribution in [0.15, 0.2) is 29.6 Å². The van der Waals surface area contributed by atoms with E-state index < -0.39 is 0 Å². The SMILES string of the molecule is CCN(Cc1nc(C)cs1)Cc1ccccc1N. The Labute approximate surface area is 112 Å². The molecule has 2 aromatic rings. The van der Waals surface area contributed by atoms with Gasteiger partial charge in [0.1, 0.15) is 5.01 Å². The fourth-order valence-electron chi connectivity index (χ4n) is 1.87. The van der Waals surface area contributed by atoms with Gasteiger partial charge in [0, 0.05) is 23.3 Å². The molecule has 0 aliphatic heterocycles. The molecule has 0 fully saturated rings. The van der Waals surface area contributed by atoms with E-state index >= 15 is 0 Å². The summed E-state index contributed by atoms with van der Waals surface area (Å²) in [7, 11) is 0. The highest BCUT2D eigenvalue weighted by Gasteiger charge is 2.09. The van der Waals surface area contributed by atoms with Crippen LogP contribution in [0.4, 0.5) is 5.69 Å². The largest absolute Gasteiger partial charge is 0.398 e. The molecule has 0 saturated carbocycles. The Morgan fingerprint density at radius 1 is 1.28 bits per heavy atom. The van der Waals surface area contributed by atoms with Gasteiger partial charge in [-0.1, -0.05) is 25.1 Å². The number of nitrogen functional groups attached to an aromatic ring is 1. The van der Waals surface area contributed by atoms with Gasteiger partial charge in [-0.25, -0.2) is 4.98 Å². The summed E-state index contributed by atoms with van der Waals surface area (Å²) in [5.41, 5.74) is 9.14. The van der Waals surface area contributed by atoms with Crippen LogP contribution in [-0.4, -0.2) is 16.4 Å². The zero-order valence-corrected chi connectivity index (χ0v) is 11.7. The van der Waals surface area contributed by atoms with Crippen molar-refractivity contribution < 1.29 is 0 Å². The summed E-state index contributed by atoms with van der Waals surface area (Å²) in [5, 5.41) is 3.27. The maximum atomic E-state index is 5.98. The molecule has 0 atom stereocenters. The van der Waals surface area contributed by atoms with E-state index in [0.717, 1.165) is 31.0 Å². The molecular weight excluding hydrogens is 242 g/mol. The summed E-state index contributed by atoms with van der Waals surface area (Å²) < 4.78 is 0. The zero-order chi connectivity index (χ0) is 13.0. The van der Waals surface area contributed by atoms with Crippen molar-refractivity contribution in [2.75, 3.05) is 12.3 Å². The van der Waals surface area contributed by atoms with Gasteiger partial charge in [0.05, 0.1) is 6.54 Å². The van der Waals surface area contributed by atoms with E-state index in [2.05, 4.69) is 28.3 Å². The van der Waals surface area contributed by atoms with Crippen molar-refractivity contribution in [3.63, 3.8) is 0 Å². The van der Waals surface area contributed by atoms with Gasteiger partial charge in [-0.3, -0.25) is 4.90 Å². The summed E-state index contributed by atoms with van der Waals surface area (Å²) in [6.07, 6.45) is 0. The lowest BCUT2D eigenvalue weighted by atomic mass is 10.1. The number of anilines is 1. The van der Waals surface area contributed by atoms with E-state index in [1.807, 2.05) is 25.1 Å². The first-order valence-electron chi connectivity index (χ1n) is 6.15. The molecule has 1 aromatic carbocycles. The van der Waals surface area contributed by atoms with E-state index in [1.165, 1.54) is 10.6 Å². The number of hydrogen-bond acceptors (Lipinski definition) is 4. The minimum absolute atomic E-state index is 0.867. The highest BCUT2D eigenvalue weighted by Crippen LogP contribution is 2.17. The first-order chi connectivity index (χ1) is 8.69. The van der Waals surface area contributed by atoms with Crippen LogP contribution in [0.25, 0.3) is 0 Å². The molecule has 0 radical (unpaired) electrons. The predicted octanol–water partition coefficient (Wildman–Crippen LogP) is 3.06. The number of para-hydroxylation sites is 1. The van der Waals surface area contributed by atoms with Crippen molar-refractivity contribution in [3.05, 3.63) is 45.9 Å². The average Bonchev–Trinajstić information content (AvgIpc) is 2.76. The number of aromatic nitrogens is 1. The molecule has 1 heterocycles. The van der Waals surface area contributed by atoms with Gasteiger partial charge in [0.2, 0.25) is 0 Å². The maximum absolute atomic E-state index is 5.98. The molecule has 18 heavy (non-hydrogen) atoms. The summed E-state index contributed by atoms with van der Waals surface area (Å²) in [5.74, 6) is 0. The van der Waals surface area contributed by atoms with E-state index in [-0.39, 0.29) is 0 Å². The van der Waals surface area contributed by atoms with Crippen molar-refractivity contribution in [1.29, 1.82) is 0 Å². The van der Waals surface area contributed by atoms with E-state index in [9.17, 15) is 0 Å². The fourth-order valence-corrected chi connectivity index (χ4v) is 2.68. The summed E-state index contributed by atoms with van der Waals surface area (Å²) in [4.78, 5) is 6.86. The monoisotopic (exact) mass is 261 g/mol. The standard InChI is InChI=1S/C14H19N3S/c1-3-17(9-14-16-11(2)10-18-14)8-12-6-4-5-7-13(12)15/h4-7,10H,3,8-9,15H2,1-2H3. The number of hydrogen-bond donors (Lipinski definition) is 1. The number of nitrogens with zero attached hydrogens (tertiary/aromatic N) is 2. The highest BCUT2D eigenvalue weighted by atomic mass is 32.1. The quantitative estimate of drug-likeness (QED) is 0.841. The van der Waals surface area contributed by atoms with Crippen LogP contribution in [0, 0.1) is 6.92 Å². The van der Waals surface area contributed by atoms with Crippen molar-refractivity contribution >= 4 is 17.0 Å². The first-order valence-corrected chi connectivity index (χ1v) is 7.03. The van der Waals surface area contributed by atoms with E-state index in [0.29, 0.717) is 0 Å². The molecule has 0 bridgehead atoms. The average molecular weight is 261 g/mol. The number of rotatable bonds is 5. The molecule has 2 rings (SSSR count). The highest BCUT2D eigenvalue weighted by molar-refractivity contribution is 7.09. The van der Waals surface area contributed by atoms with Crippen LogP contribution in [0.5, 0.6) is 0 Å². The Balaban J connectivity index is 2.04. The molecule has 0 aliphatic rings. The second-order valence-electron chi connectivity index (χ2n) is 4.38. The van der Waals surface area contributed by atoms with Crippen LogP contribution in [0.3, 0.4) is 0 Å². The Morgan fingerprint density at radius 3 is 2.67 bits per heavy atom. The van der Waals surface area contributed by atoms with Gasteiger partial charge in [-0.15, -0.1) is 11.3 Å². The minimum atomic E-state index is 0.867. The Kier molecular flexibility index (Phi) is 4.33. The second kappa shape index (κ2) is 5.98. The molecule has 0 amide bonds. The predicted molar refractivity (Wildman–Crippen MR) is 77.5 cm³/mol. The van der Waals surface area contributed by atoms with Crippen molar-refractivity contribution in [1.82, 2.24) is 9.88 Å². The van der Waals surface area contributed by atoms with Crippen molar-refractivity contribution in [2.24, 2.45) is 0 Å². The van der Waals surface area contributed by atoms with Gasteiger partial charge < -0.3 is 5.73 Å². The lowest BCUT2D eigenvalue weighted by Gasteiger charge is -2.20. The summed E-state index contributed by atoms with van der Waals surface area (Å²) in [6.45, 7) is 6.96. The van der Waals surface area contributed by atoms with Crippen LogP contribution in [0.2, 0.25) is 0 Å². The lowest BCUT2D eigenvalue weighted by Crippen LogP contribution is -2.22. The second-order valence-corrected chi connectivity index (χ2v) is 5.33. The Hall–Kier alpha value is -1.39. The van der Waals surface area contributed by atoms with Crippen LogP contribution < -0.4 is 5.73 Å². The summed E-state index contributed by atoms with van der Waals surface area (Å²) in [6, 6.07) is 8.05. The molecule has 4 heteroatoms. The minimum Gasteiger partial charge on any atom is -0.398 e. The van der Waals surface area contributed by atoms with Crippen LogP contribution in [0.1, 0.15) is 23.2 Å². The van der Waals surface area contributed by atoms with Crippen molar-refractivity contribution in [2.45, 2.75) is 26.9 Å². The summed E-state index contributed by atoms with van der Waals surface area (Å²) >= 11 is 1.72. The smallest absolute Gasteiger partial charge is 0.107 e. The third-order valence-corrected chi connectivity index (χ3v) is 3.87. The molecule has 96 valence electrons. The van der Waals surface area contributed by atoms with Crippen LogP contribution >= 0.6 is 11.3 Å². The van der Waals surface area contributed by atoms with Gasteiger partial charge in [-0.2, -0.15) is 0 Å². The first kappa shape index (κ1) is 13.1. The maximum Gasteiger partial charge on any atom is 0.107 e. The topological polar surface area (TPSA) is 42.2 Å².